The number of nitrogens with two attached hydrogens (primary N) is 1. The molecule has 8 heteroatoms. The molecule has 0 atom stereocenters. The Morgan fingerprint density at radius 3 is 2.44 bits per heavy atom. The first kappa shape index (κ1) is 15.7. The molecular formula is C10H6F4I2N2. The molecule has 0 amide bonds. The van der Waals surface area contributed by atoms with E-state index in [1.165, 1.54) is 18.2 Å². The van der Waals surface area contributed by atoms with Gasteiger partial charge in [-0.25, -0.2) is 9.38 Å². The maximum atomic E-state index is 12.8. The molecule has 0 aliphatic rings. The van der Waals surface area contributed by atoms with Crippen molar-refractivity contribution in [1.29, 1.82) is 0 Å². The molecular weight excluding hydrogens is 478 g/mol. The van der Waals surface area contributed by atoms with Crippen molar-refractivity contribution in [2.24, 2.45) is 10.7 Å². The highest BCUT2D eigenvalue weighted by atomic mass is 127. The highest BCUT2D eigenvalue weighted by Crippen LogP contribution is 2.25. The van der Waals surface area contributed by atoms with Crippen LogP contribution in [0.1, 0.15) is 0 Å². The molecule has 1 aromatic rings. The van der Waals surface area contributed by atoms with Crippen molar-refractivity contribution in [1.82, 2.24) is 0 Å². The van der Waals surface area contributed by atoms with E-state index in [9.17, 15) is 17.6 Å². The van der Waals surface area contributed by atoms with Crippen LogP contribution in [0.2, 0.25) is 0 Å². The molecule has 0 fully saturated rings. The third kappa shape index (κ3) is 4.71. The van der Waals surface area contributed by atoms with Gasteiger partial charge in [0, 0.05) is 3.57 Å². The van der Waals surface area contributed by atoms with Crippen LogP contribution in [0.25, 0.3) is 0 Å². The molecule has 0 spiro atoms. The Hall–Kier alpha value is -0.390. The molecule has 0 bridgehead atoms. The highest BCUT2D eigenvalue weighted by Gasteiger charge is 2.31. The maximum Gasteiger partial charge on any atom is 0.430 e. The lowest BCUT2D eigenvalue weighted by Crippen LogP contribution is -2.19. The summed E-state index contributed by atoms with van der Waals surface area (Å²) in [6, 6.07) is 3.80. The molecule has 1 aromatic carbocycles. The Bertz CT molecular complexity index is 509. The first-order chi connectivity index (χ1) is 8.20. The second-order valence-electron chi connectivity index (χ2n) is 3.13. The number of hydrogen-bond acceptors (Lipinski definition) is 2. The van der Waals surface area contributed by atoms with E-state index in [0.717, 1.165) is 6.08 Å². The van der Waals surface area contributed by atoms with Crippen molar-refractivity contribution in [2.45, 2.75) is 6.18 Å². The Balaban J connectivity index is 3.03. The molecule has 0 aliphatic carbocycles. The number of aliphatic imine (C=N–C) groups is 1. The van der Waals surface area contributed by atoms with Crippen LogP contribution in [-0.4, -0.2) is 9.89 Å². The molecule has 0 radical (unpaired) electrons. The molecule has 18 heavy (non-hydrogen) atoms. The van der Waals surface area contributed by atoms with Crippen molar-refractivity contribution in [3.8, 4) is 0 Å². The Labute approximate surface area is 128 Å². The summed E-state index contributed by atoms with van der Waals surface area (Å²) in [5.41, 5.74) is 4.01. The minimum absolute atomic E-state index is 0.0620. The van der Waals surface area contributed by atoms with Gasteiger partial charge in [-0.2, -0.15) is 13.2 Å². The van der Waals surface area contributed by atoms with E-state index in [0.29, 0.717) is 9.26 Å². The summed E-state index contributed by atoms with van der Waals surface area (Å²) in [4.78, 5) is 3.93. The van der Waals surface area contributed by atoms with Crippen molar-refractivity contribution in [3.63, 3.8) is 0 Å². The maximum absolute atomic E-state index is 12.8. The van der Waals surface area contributed by atoms with Crippen molar-refractivity contribution < 1.29 is 17.6 Å². The van der Waals surface area contributed by atoms with Crippen LogP contribution in [0.15, 0.2) is 35.0 Å². The average Bonchev–Trinajstić information content (AvgIpc) is 2.20. The van der Waals surface area contributed by atoms with E-state index >= 15 is 0 Å². The lowest BCUT2D eigenvalue weighted by Gasteiger charge is -2.05. The topological polar surface area (TPSA) is 38.4 Å². The normalized spacial score (nSPS) is 13.9. The number of nitrogens with zero attached hydrogens (tertiary/aromatic N) is 1. The zero-order valence-electron chi connectivity index (χ0n) is 8.60. The zero-order chi connectivity index (χ0) is 13.9. The monoisotopic (exact) mass is 484 g/mol. The van der Waals surface area contributed by atoms with Gasteiger partial charge in [0.1, 0.15) is 15.2 Å². The zero-order valence-corrected chi connectivity index (χ0v) is 12.9. The number of alkyl halides is 3. The number of allylic oxidation sites excluding steroid dienone is 2. The van der Waals surface area contributed by atoms with Gasteiger partial charge in [-0.05, 0) is 69.5 Å². The minimum atomic E-state index is -4.58. The Morgan fingerprint density at radius 2 is 1.94 bits per heavy atom. The fraction of sp³-hybridized carbons (Fsp3) is 0.100. The van der Waals surface area contributed by atoms with Crippen molar-refractivity contribution in [2.75, 3.05) is 0 Å². The molecule has 0 aliphatic heterocycles. The van der Waals surface area contributed by atoms with Crippen LogP contribution in [0.5, 0.6) is 0 Å². The van der Waals surface area contributed by atoms with Gasteiger partial charge in [0.2, 0.25) is 0 Å². The molecule has 1 rings (SSSR count). The first-order valence-electron chi connectivity index (χ1n) is 4.44. The Kier molecular flexibility index (Phi) is 5.37. The minimum Gasteiger partial charge on any atom is -0.395 e. The summed E-state index contributed by atoms with van der Waals surface area (Å²) in [7, 11) is 0. The van der Waals surface area contributed by atoms with Gasteiger partial charge >= 0.3 is 6.18 Å². The molecule has 2 nitrogen and oxygen atoms in total. The molecule has 0 saturated heterocycles. The molecule has 0 heterocycles. The van der Waals surface area contributed by atoms with E-state index in [4.69, 9.17) is 5.73 Å². The van der Waals surface area contributed by atoms with Gasteiger partial charge in [-0.1, -0.05) is 0 Å². The predicted octanol–water partition coefficient (Wildman–Crippen LogP) is 4.30. The summed E-state index contributed by atoms with van der Waals surface area (Å²) >= 11 is 3.47. The van der Waals surface area contributed by atoms with E-state index in [1.807, 2.05) is 22.6 Å². The molecule has 98 valence electrons. The number of benzene rings is 1. The van der Waals surface area contributed by atoms with E-state index in [1.54, 1.807) is 22.6 Å². The molecule has 0 saturated carbocycles. The van der Waals surface area contributed by atoms with Crippen LogP contribution in [0, 0.1) is 9.39 Å². The number of hydrogen-bond donors (Lipinski definition) is 1. The standard InChI is InChI=1S/C10H6F4I2N2/c11-5-1-2-7(6(15)3-5)18-9(16)4-8(17)10(12,13)14/h1-4H,17H2. The summed E-state index contributed by atoms with van der Waals surface area (Å²) in [6.45, 7) is 0. The van der Waals surface area contributed by atoms with Gasteiger partial charge < -0.3 is 5.73 Å². The largest absolute Gasteiger partial charge is 0.430 e. The fourth-order valence-corrected chi connectivity index (χ4v) is 2.12. The smallest absolute Gasteiger partial charge is 0.395 e. The van der Waals surface area contributed by atoms with Crippen LogP contribution < -0.4 is 5.73 Å². The summed E-state index contributed by atoms with van der Waals surface area (Å²) in [5.74, 6) is -0.432. The van der Waals surface area contributed by atoms with E-state index in [-0.39, 0.29) is 3.72 Å². The molecule has 0 unspecified atom stereocenters. The average molecular weight is 484 g/mol. The predicted molar refractivity (Wildman–Crippen MR) is 78.6 cm³/mol. The van der Waals surface area contributed by atoms with Crippen LogP contribution in [-0.2, 0) is 0 Å². The van der Waals surface area contributed by atoms with Crippen LogP contribution in [0.4, 0.5) is 23.2 Å². The van der Waals surface area contributed by atoms with E-state index in [2.05, 4.69) is 4.99 Å². The van der Waals surface area contributed by atoms with Crippen LogP contribution >= 0.6 is 45.2 Å². The highest BCUT2D eigenvalue weighted by molar-refractivity contribution is 14.1. The molecule has 2 N–H and O–H groups in total. The Morgan fingerprint density at radius 1 is 1.33 bits per heavy atom. The van der Waals surface area contributed by atoms with Gasteiger partial charge in [0.05, 0.1) is 5.69 Å². The van der Waals surface area contributed by atoms with Crippen molar-refractivity contribution >= 4 is 54.6 Å². The second kappa shape index (κ2) is 6.17. The van der Waals surface area contributed by atoms with Crippen LogP contribution in [0.3, 0.4) is 0 Å². The number of halogens is 6. The quantitative estimate of drug-likeness (QED) is 0.380. The molecule has 0 aromatic heterocycles. The first-order valence-corrected chi connectivity index (χ1v) is 6.59. The van der Waals surface area contributed by atoms with Gasteiger partial charge in [0.25, 0.3) is 0 Å². The summed E-state index contributed by atoms with van der Waals surface area (Å²) < 4.78 is 49.9. The van der Waals surface area contributed by atoms with Gasteiger partial charge in [-0.3, -0.25) is 0 Å². The summed E-state index contributed by atoms with van der Waals surface area (Å²) in [5, 5.41) is 0. The van der Waals surface area contributed by atoms with Gasteiger partial charge in [0.15, 0.2) is 0 Å². The SMILES string of the molecule is NC(=CC(I)=Nc1ccc(F)cc1I)C(F)(F)F. The van der Waals surface area contributed by atoms with E-state index < -0.39 is 17.7 Å². The third-order valence-corrected chi connectivity index (χ3v) is 3.16. The lowest BCUT2D eigenvalue weighted by molar-refractivity contribution is -0.0925. The third-order valence-electron chi connectivity index (χ3n) is 1.74. The summed E-state index contributed by atoms with van der Waals surface area (Å²) in [6.07, 6.45) is -3.86. The lowest BCUT2D eigenvalue weighted by atomic mass is 10.3. The van der Waals surface area contributed by atoms with Gasteiger partial charge in [-0.15, -0.1) is 0 Å². The second-order valence-corrected chi connectivity index (χ2v) is 5.40. The fourth-order valence-electron chi connectivity index (χ4n) is 0.929. The van der Waals surface area contributed by atoms with Crippen molar-refractivity contribution in [3.05, 3.63) is 39.4 Å². The number of rotatable bonds is 2.